The van der Waals surface area contributed by atoms with Gasteiger partial charge >= 0.3 is 5.38 Å². The van der Waals surface area contributed by atoms with E-state index in [0.717, 1.165) is 37.2 Å². The van der Waals surface area contributed by atoms with E-state index in [4.69, 9.17) is 11.6 Å². The van der Waals surface area contributed by atoms with Crippen LogP contribution in [0.25, 0.3) is 5.65 Å². The van der Waals surface area contributed by atoms with E-state index in [1.807, 2.05) is 0 Å². The molecule has 0 saturated carbocycles. The molecule has 0 radical (unpaired) electrons. The molecular formula is C15H15ClF2N6S. The summed E-state index contributed by atoms with van der Waals surface area (Å²) >= 11 is 6.78. The third-order valence-electron chi connectivity index (χ3n) is 4.18. The molecule has 132 valence electrons. The number of fused-ring (bicyclic) bond motifs is 1. The lowest BCUT2D eigenvalue weighted by Crippen LogP contribution is -2.46. The second kappa shape index (κ2) is 6.47. The number of piperazine rings is 1. The normalized spacial score (nSPS) is 16.7. The quantitative estimate of drug-likeness (QED) is 0.647. The van der Waals surface area contributed by atoms with E-state index >= 15 is 0 Å². The Balaban J connectivity index is 1.49. The fourth-order valence-corrected chi connectivity index (χ4v) is 3.68. The third kappa shape index (κ3) is 3.44. The Morgan fingerprint density at radius 1 is 1.12 bits per heavy atom. The van der Waals surface area contributed by atoms with Crippen molar-refractivity contribution < 1.29 is 8.78 Å². The van der Waals surface area contributed by atoms with Gasteiger partial charge in [0.1, 0.15) is 5.82 Å². The van der Waals surface area contributed by atoms with Crippen molar-refractivity contribution in [2.75, 3.05) is 31.1 Å². The number of thiophene rings is 1. The Hall–Kier alpha value is -1.84. The van der Waals surface area contributed by atoms with E-state index in [2.05, 4.69) is 41.9 Å². The average molecular weight is 385 g/mol. The molecule has 1 fully saturated rings. The van der Waals surface area contributed by atoms with Crippen LogP contribution in [0, 0.1) is 0 Å². The lowest BCUT2D eigenvalue weighted by molar-refractivity contribution is 0.0820. The Bertz CT molecular complexity index is 855. The summed E-state index contributed by atoms with van der Waals surface area (Å²) in [6, 6.07) is 5.53. The molecule has 4 heterocycles. The van der Waals surface area contributed by atoms with Gasteiger partial charge in [0, 0.05) is 32.7 Å². The molecule has 1 aliphatic heterocycles. The number of halogens is 3. The Morgan fingerprint density at radius 3 is 2.60 bits per heavy atom. The Morgan fingerprint density at radius 2 is 1.92 bits per heavy atom. The predicted molar refractivity (Wildman–Crippen MR) is 92.3 cm³/mol. The van der Waals surface area contributed by atoms with Crippen molar-refractivity contribution in [3.63, 3.8) is 0 Å². The third-order valence-corrected chi connectivity index (χ3v) is 5.09. The first-order valence-electron chi connectivity index (χ1n) is 7.79. The second-order valence-corrected chi connectivity index (χ2v) is 7.13. The van der Waals surface area contributed by atoms with Gasteiger partial charge in [0.2, 0.25) is 5.82 Å². The fraction of sp³-hybridized carbons (Fsp3) is 0.400. The van der Waals surface area contributed by atoms with Gasteiger partial charge in [0.25, 0.3) is 0 Å². The van der Waals surface area contributed by atoms with Gasteiger partial charge in [0.15, 0.2) is 5.65 Å². The van der Waals surface area contributed by atoms with Crippen LogP contribution in [0.5, 0.6) is 0 Å². The molecule has 1 saturated heterocycles. The molecule has 3 aromatic heterocycles. The number of hydrogen-bond acceptors (Lipinski definition) is 6. The van der Waals surface area contributed by atoms with Crippen molar-refractivity contribution in [3.8, 4) is 0 Å². The predicted octanol–water partition coefficient (Wildman–Crippen LogP) is 2.80. The molecule has 0 amide bonds. The van der Waals surface area contributed by atoms with Gasteiger partial charge in [-0.15, -0.1) is 15.3 Å². The molecule has 0 spiro atoms. The summed E-state index contributed by atoms with van der Waals surface area (Å²) < 4.78 is 27.8. The SMILES string of the molecule is FC(F)(Cl)c1nnc2ccc(N3CCN(Cc4ccsc4)CC3)nn12. The van der Waals surface area contributed by atoms with Crippen LogP contribution in [0.3, 0.4) is 0 Å². The Kier molecular flexibility index (Phi) is 4.30. The maximum Gasteiger partial charge on any atom is 0.383 e. The monoisotopic (exact) mass is 384 g/mol. The highest BCUT2D eigenvalue weighted by Gasteiger charge is 2.35. The summed E-state index contributed by atoms with van der Waals surface area (Å²) in [5, 5.41) is 12.0. The summed E-state index contributed by atoms with van der Waals surface area (Å²) in [6.07, 6.45) is 0. The molecule has 6 nitrogen and oxygen atoms in total. The van der Waals surface area contributed by atoms with E-state index in [0.29, 0.717) is 5.82 Å². The molecule has 10 heteroatoms. The van der Waals surface area contributed by atoms with Gasteiger partial charge in [-0.25, -0.2) is 0 Å². The number of hydrogen-bond donors (Lipinski definition) is 0. The topological polar surface area (TPSA) is 49.6 Å². The molecule has 4 rings (SSSR count). The number of anilines is 1. The smallest absolute Gasteiger partial charge is 0.353 e. The summed E-state index contributed by atoms with van der Waals surface area (Å²) in [5.74, 6) is -0.0493. The summed E-state index contributed by atoms with van der Waals surface area (Å²) in [6.45, 7) is 4.25. The van der Waals surface area contributed by atoms with Gasteiger partial charge < -0.3 is 4.90 Å². The first kappa shape index (κ1) is 16.6. The number of nitrogens with zero attached hydrogens (tertiary/aromatic N) is 6. The number of aromatic nitrogens is 4. The number of alkyl halides is 3. The molecule has 0 aliphatic carbocycles. The second-order valence-electron chi connectivity index (χ2n) is 5.88. The van der Waals surface area contributed by atoms with Crippen LogP contribution in [0.1, 0.15) is 11.4 Å². The largest absolute Gasteiger partial charge is 0.383 e. The minimum absolute atomic E-state index is 0.246. The van der Waals surface area contributed by atoms with Gasteiger partial charge in [0.05, 0.1) is 0 Å². The van der Waals surface area contributed by atoms with Crippen molar-refractivity contribution in [1.29, 1.82) is 0 Å². The summed E-state index contributed by atoms with van der Waals surface area (Å²) in [5.41, 5.74) is 1.56. The van der Waals surface area contributed by atoms with E-state index < -0.39 is 11.2 Å². The maximum absolute atomic E-state index is 13.4. The molecule has 25 heavy (non-hydrogen) atoms. The molecule has 0 bridgehead atoms. The number of rotatable bonds is 4. The summed E-state index contributed by atoms with van der Waals surface area (Å²) in [7, 11) is 0. The average Bonchev–Trinajstić information content (AvgIpc) is 3.23. The zero-order valence-electron chi connectivity index (χ0n) is 13.1. The molecule has 0 atom stereocenters. The molecule has 1 aliphatic rings. The van der Waals surface area contributed by atoms with Crippen LogP contribution < -0.4 is 4.90 Å². The molecule has 0 unspecified atom stereocenters. The first-order chi connectivity index (χ1) is 12.0. The van der Waals surface area contributed by atoms with E-state index in [1.165, 1.54) is 5.56 Å². The van der Waals surface area contributed by atoms with Crippen molar-refractivity contribution in [2.24, 2.45) is 0 Å². The van der Waals surface area contributed by atoms with Crippen LogP contribution in [0.2, 0.25) is 0 Å². The highest BCUT2D eigenvalue weighted by Crippen LogP contribution is 2.31. The summed E-state index contributed by atoms with van der Waals surface area (Å²) in [4.78, 5) is 4.44. The van der Waals surface area contributed by atoms with Gasteiger partial charge in [-0.05, 0) is 46.1 Å². The van der Waals surface area contributed by atoms with E-state index in [1.54, 1.807) is 23.5 Å². The van der Waals surface area contributed by atoms with Crippen molar-refractivity contribution >= 4 is 34.4 Å². The molecule has 0 N–H and O–H groups in total. The van der Waals surface area contributed by atoms with Gasteiger partial charge in [-0.1, -0.05) is 0 Å². The molecule has 3 aromatic rings. The standard InChI is InChI=1S/C15H15ClF2N6S/c16-15(17,18)14-20-19-12-1-2-13(21-24(12)14)23-6-4-22(5-7-23)9-11-3-8-25-10-11/h1-3,8,10H,4-7,9H2. The van der Waals surface area contributed by atoms with Crippen molar-refractivity contribution in [3.05, 3.63) is 40.3 Å². The zero-order chi connectivity index (χ0) is 17.4. The van der Waals surface area contributed by atoms with Crippen LogP contribution in [-0.4, -0.2) is 50.9 Å². The lowest BCUT2D eigenvalue weighted by atomic mass is 10.2. The highest BCUT2D eigenvalue weighted by atomic mass is 35.5. The van der Waals surface area contributed by atoms with Crippen LogP contribution >= 0.6 is 22.9 Å². The minimum Gasteiger partial charge on any atom is -0.353 e. The zero-order valence-corrected chi connectivity index (χ0v) is 14.7. The first-order valence-corrected chi connectivity index (χ1v) is 9.11. The van der Waals surface area contributed by atoms with Crippen LogP contribution in [0.15, 0.2) is 29.0 Å². The van der Waals surface area contributed by atoms with E-state index in [9.17, 15) is 8.78 Å². The van der Waals surface area contributed by atoms with Crippen LogP contribution in [0.4, 0.5) is 14.6 Å². The molecule has 0 aromatic carbocycles. The maximum atomic E-state index is 13.4. The van der Waals surface area contributed by atoms with Gasteiger partial charge in [-0.2, -0.15) is 24.6 Å². The van der Waals surface area contributed by atoms with Crippen LogP contribution in [-0.2, 0) is 11.9 Å². The van der Waals surface area contributed by atoms with Gasteiger partial charge in [-0.3, -0.25) is 4.90 Å². The fourth-order valence-electron chi connectivity index (χ4n) is 2.90. The van der Waals surface area contributed by atoms with E-state index in [-0.39, 0.29) is 5.65 Å². The minimum atomic E-state index is -3.61. The highest BCUT2D eigenvalue weighted by molar-refractivity contribution is 7.07. The van der Waals surface area contributed by atoms with Crippen molar-refractivity contribution in [1.82, 2.24) is 24.7 Å². The van der Waals surface area contributed by atoms with Crippen molar-refractivity contribution in [2.45, 2.75) is 11.9 Å². The Labute approximate surface area is 151 Å². The lowest BCUT2D eigenvalue weighted by Gasteiger charge is -2.35. The molecular weight excluding hydrogens is 370 g/mol.